The molecule has 0 amide bonds. The lowest BCUT2D eigenvalue weighted by atomic mass is 10.1. The van der Waals surface area contributed by atoms with Gasteiger partial charge in [-0.25, -0.2) is 8.42 Å². The van der Waals surface area contributed by atoms with Crippen LogP contribution in [0, 0.1) is 10.1 Å². The van der Waals surface area contributed by atoms with Crippen LogP contribution in [0.2, 0.25) is 0 Å². The van der Waals surface area contributed by atoms with E-state index in [4.69, 9.17) is 0 Å². The molecule has 2 aromatic carbocycles. The molecular formula is C12H7NO4S. The lowest BCUT2D eigenvalue weighted by molar-refractivity contribution is -0.387. The van der Waals surface area contributed by atoms with Gasteiger partial charge >= 0.3 is 0 Å². The van der Waals surface area contributed by atoms with Gasteiger partial charge in [0.15, 0.2) is 4.90 Å². The van der Waals surface area contributed by atoms with Crippen LogP contribution in [0.5, 0.6) is 0 Å². The Bertz CT molecular complexity index is 780. The zero-order valence-electron chi connectivity index (χ0n) is 9.03. The molecule has 90 valence electrons. The highest BCUT2D eigenvalue weighted by Gasteiger charge is 2.38. The monoisotopic (exact) mass is 261 g/mol. The van der Waals surface area contributed by atoms with Gasteiger partial charge in [0.2, 0.25) is 9.84 Å². The minimum Gasteiger partial charge on any atom is -0.258 e. The molecule has 0 fully saturated rings. The molecule has 0 radical (unpaired) electrons. The third-order valence-electron chi connectivity index (χ3n) is 2.93. The number of nitro groups is 1. The molecule has 0 unspecified atom stereocenters. The van der Waals surface area contributed by atoms with E-state index in [1.807, 2.05) is 0 Å². The number of sulfone groups is 1. The standard InChI is InChI=1S/C12H7NO4S/c14-13(15)10-6-3-5-9-8-4-1-2-7-11(8)18(16,17)12(9)10/h1-7H. The summed E-state index contributed by atoms with van der Waals surface area (Å²) in [6.45, 7) is 0. The van der Waals surface area contributed by atoms with E-state index in [2.05, 4.69) is 0 Å². The summed E-state index contributed by atoms with van der Waals surface area (Å²) in [5.41, 5.74) is 0.555. The van der Waals surface area contributed by atoms with Crippen LogP contribution in [0.4, 0.5) is 5.69 Å². The molecule has 2 aromatic rings. The normalized spacial score (nSPS) is 14.9. The number of nitrogens with zero attached hydrogens (tertiary/aromatic N) is 1. The highest BCUT2D eigenvalue weighted by atomic mass is 32.2. The highest BCUT2D eigenvalue weighted by Crippen LogP contribution is 2.46. The maximum atomic E-state index is 12.3. The number of rotatable bonds is 1. The molecule has 6 heteroatoms. The molecule has 1 aliphatic rings. The lowest BCUT2D eigenvalue weighted by Crippen LogP contribution is -2.01. The van der Waals surface area contributed by atoms with Crippen molar-refractivity contribution >= 4 is 15.5 Å². The average Bonchev–Trinajstić information content (AvgIpc) is 2.60. The minimum absolute atomic E-state index is 0.134. The minimum atomic E-state index is -3.78. The third-order valence-corrected chi connectivity index (χ3v) is 4.83. The molecule has 1 heterocycles. The van der Waals surface area contributed by atoms with Crippen LogP contribution in [0.15, 0.2) is 52.3 Å². The molecular weight excluding hydrogens is 254 g/mol. The Labute approximate surface area is 103 Å². The second kappa shape index (κ2) is 3.39. The molecule has 1 aliphatic heterocycles. The Morgan fingerprint density at radius 1 is 0.944 bits per heavy atom. The zero-order valence-corrected chi connectivity index (χ0v) is 9.85. The fourth-order valence-electron chi connectivity index (χ4n) is 2.20. The van der Waals surface area contributed by atoms with E-state index in [-0.39, 0.29) is 15.5 Å². The van der Waals surface area contributed by atoms with E-state index in [9.17, 15) is 18.5 Å². The van der Waals surface area contributed by atoms with Crippen LogP contribution in [-0.2, 0) is 9.84 Å². The number of hydrogen-bond donors (Lipinski definition) is 0. The van der Waals surface area contributed by atoms with Crippen molar-refractivity contribution in [3.63, 3.8) is 0 Å². The summed E-state index contributed by atoms with van der Waals surface area (Å²) in [5.74, 6) is 0. The van der Waals surface area contributed by atoms with Crippen molar-refractivity contribution in [3.05, 3.63) is 52.6 Å². The van der Waals surface area contributed by atoms with Crippen molar-refractivity contribution in [3.8, 4) is 11.1 Å². The van der Waals surface area contributed by atoms with Gasteiger partial charge in [-0.2, -0.15) is 0 Å². The lowest BCUT2D eigenvalue weighted by Gasteiger charge is -1.99. The van der Waals surface area contributed by atoms with E-state index in [1.54, 1.807) is 24.3 Å². The van der Waals surface area contributed by atoms with Gasteiger partial charge in [-0.3, -0.25) is 10.1 Å². The van der Waals surface area contributed by atoms with Gasteiger partial charge in [0.05, 0.1) is 9.82 Å². The zero-order chi connectivity index (χ0) is 12.9. The van der Waals surface area contributed by atoms with Crippen molar-refractivity contribution in [2.75, 3.05) is 0 Å². The number of nitro benzene ring substituents is 1. The first-order chi connectivity index (χ1) is 8.53. The molecule has 0 N–H and O–H groups in total. The Kier molecular flexibility index (Phi) is 2.06. The molecule has 0 aromatic heterocycles. The van der Waals surface area contributed by atoms with Gasteiger partial charge in [0, 0.05) is 17.2 Å². The number of fused-ring (bicyclic) bond motifs is 3. The van der Waals surface area contributed by atoms with Crippen molar-refractivity contribution in [2.45, 2.75) is 9.79 Å². The predicted molar refractivity (Wildman–Crippen MR) is 64.0 cm³/mol. The first kappa shape index (κ1) is 10.9. The van der Waals surface area contributed by atoms with E-state index in [0.717, 1.165) is 0 Å². The third kappa shape index (κ3) is 1.23. The van der Waals surface area contributed by atoms with Crippen LogP contribution in [-0.4, -0.2) is 13.3 Å². The van der Waals surface area contributed by atoms with Crippen LogP contribution in [0.1, 0.15) is 0 Å². The summed E-state index contributed by atoms with van der Waals surface area (Å²) in [6, 6.07) is 10.7. The molecule has 3 rings (SSSR count). The van der Waals surface area contributed by atoms with Gasteiger partial charge < -0.3 is 0 Å². The van der Waals surface area contributed by atoms with Crippen molar-refractivity contribution in [1.82, 2.24) is 0 Å². The van der Waals surface area contributed by atoms with Crippen molar-refractivity contribution in [1.29, 1.82) is 0 Å². The fraction of sp³-hybridized carbons (Fsp3) is 0. The Morgan fingerprint density at radius 2 is 1.61 bits per heavy atom. The smallest absolute Gasteiger partial charge is 0.258 e. The summed E-state index contributed by atoms with van der Waals surface area (Å²) in [6.07, 6.45) is 0. The van der Waals surface area contributed by atoms with Crippen LogP contribution in [0.3, 0.4) is 0 Å². The second-order valence-electron chi connectivity index (χ2n) is 3.91. The quantitative estimate of drug-likeness (QED) is 0.498. The van der Waals surface area contributed by atoms with Crippen molar-refractivity contribution < 1.29 is 13.3 Å². The van der Waals surface area contributed by atoms with E-state index in [0.29, 0.717) is 11.1 Å². The van der Waals surface area contributed by atoms with E-state index >= 15 is 0 Å². The number of benzene rings is 2. The molecule has 0 saturated carbocycles. The molecule has 18 heavy (non-hydrogen) atoms. The molecule has 5 nitrogen and oxygen atoms in total. The topological polar surface area (TPSA) is 77.3 Å². The van der Waals surface area contributed by atoms with Gasteiger partial charge in [0.1, 0.15) is 0 Å². The first-order valence-electron chi connectivity index (χ1n) is 5.15. The predicted octanol–water partition coefficient (Wildman–Crippen LogP) is 2.41. The first-order valence-corrected chi connectivity index (χ1v) is 6.63. The summed E-state index contributed by atoms with van der Waals surface area (Å²) < 4.78 is 24.6. The van der Waals surface area contributed by atoms with Gasteiger partial charge in [0.25, 0.3) is 5.69 Å². The largest absolute Gasteiger partial charge is 0.288 e. The molecule has 0 spiro atoms. The Balaban J connectivity index is 2.50. The summed E-state index contributed by atoms with van der Waals surface area (Å²) in [7, 11) is -3.78. The molecule has 0 aliphatic carbocycles. The maximum absolute atomic E-state index is 12.3. The van der Waals surface area contributed by atoms with Crippen LogP contribution >= 0.6 is 0 Å². The van der Waals surface area contributed by atoms with Crippen molar-refractivity contribution in [2.24, 2.45) is 0 Å². The van der Waals surface area contributed by atoms with Gasteiger partial charge in [-0.05, 0) is 6.07 Å². The average molecular weight is 261 g/mol. The van der Waals surface area contributed by atoms with E-state index < -0.39 is 14.8 Å². The Hall–Kier alpha value is -2.21. The summed E-state index contributed by atoms with van der Waals surface area (Å²) in [4.78, 5) is 10.2. The van der Waals surface area contributed by atoms with Crippen LogP contribution < -0.4 is 0 Å². The SMILES string of the molecule is O=[N+]([O-])c1cccc2c1S(=O)(=O)c1ccccc1-2. The summed E-state index contributed by atoms with van der Waals surface area (Å²) >= 11 is 0. The molecule has 0 saturated heterocycles. The highest BCUT2D eigenvalue weighted by molar-refractivity contribution is 7.92. The summed E-state index contributed by atoms with van der Waals surface area (Å²) in [5, 5.41) is 10.9. The number of hydrogen-bond acceptors (Lipinski definition) is 4. The second-order valence-corrected chi connectivity index (χ2v) is 5.77. The maximum Gasteiger partial charge on any atom is 0.288 e. The van der Waals surface area contributed by atoms with Gasteiger partial charge in [-0.15, -0.1) is 0 Å². The fourth-order valence-corrected chi connectivity index (χ4v) is 4.03. The molecule has 0 atom stereocenters. The van der Waals surface area contributed by atoms with Crippen LogP contribution in [0.25, 0.3) is 11.1 Å². The van der Waals surface area contributed by atoms with Gasteiger partial charge in [-0.1, -0.05) is 30.3 Å². The molecule has 0 bridgehead atoms. The Morgan fingerprint density at radius 3 is 2.33 bits per heavy atom. The van der Waals surface area contributed by atoms with E-state index in [1.165, 1.54) is 18.2 Å².